The second-order valence-electron chi connectivity index (χ2n) is 3.32. The van der Waals surface area contributed by atoms with Crippen molar-refractivity contribution < 1.29 is 5.11 Å². The first-order chi connectivity index (χ1) is 6.33. The minimum Gasteiger partial charge on any atom is -0.395 e. The average Bonchev–Trinajstić information content (AvgIpc) is 2.19. The molecule has 0 spiro atoms. The average molecular weight is 179 g/mol. The molecule has 1 rings (SSSR count). The Kier molecular flexibility index (Phi) is 4.50. The number of benzene rings is 1. The minimum atomic E-state index is -0.0521. The predicted molar refractivity (Wildman–Crippen MR) is 54.4 cm³/mol. The largest absolute Gasteiger partial charge is 0.395 e. The van der Waals surface area contributed by atoms with Gasteiger partial charge >= 0.3 is 0 Å². The Labute approximate surface area is 79.4 Å². The van der Waals surface area contributed by atoms with Crippen molar-refractivity contribution >= 4 is 0 Å². The number of aryl methyl sites for hydroxylation is 1. The lowest BCUT2D eigenvalue weighted by Gasteiger charge is -2.06. The van der Waals surface area contributed by atoms with Crippen molar-refractivity contribution in [1.82, 2.24) is 0 Å². The number of hydrogen-bond acceptors (Lipinski definition) is 2. The number of rotatable bonds is 5. The first-order valence-electron chi connectivity index (χ1n) is 4.73. The van der Waals surface area contributed by atoms with Gasteiger partial charge in [-0.25, -0.2) is 0 Å². The molecule has 13 heavy (non-hydrogen) atoms. The van der Waals surface area contributed by atoms with Crippen LogP contribution in [0, 0.1) is 0 Å². The Morgan fingerprint density at radius 2 is 1.92 bits per heavy atom. The van der Waals surface area contributed by atoms with E-state index in [1.54, 1.807) is 0 Å². The van der Waals surface area contributed by atoms with E-state index in [1.165, 1.54) is 5.56 Å². The molecule has 0 aliphatic carbocycles. The fourth-order valence-electron chi connectivity index (χ4n) is 1.30. The van der Waals surface area contributed by atoms with Gasteiger partial charge in [-0.3, -0.25) is 0 Å². The molecule has 0 amide bonds. The Hall–Kier alpha value is -0.860. The van der Waals surface area contributed by atoms with E-state index in [0.29, 0.717) is 0 Å². The van der Waals surface area contributed by atoms with Crippen molar-refractivity contribution in [1.29, 1.82) is 0 Å². The Bertz CT molecular complexity index is 223. The maximum Gasteiger partial charge on any atom is 0.0582 e. The van der Waals surface area contributed by atoms with Crippen molar-refractivity contribution in [2.45, 2.75) is 25.3 Å². The summed E-state index contributed by atoms with van der Waals surface area (Å²) in [6.45, 7) is 0.0921. The van der Waals surface area contributed by atoms with Crippen LogP contribution in [0.15, 0.2) is 30.3 Å². The van der Waals surface area contributed by atoms with Gasteiger partial charge in [0.15, 0.2) is 0 Å². The highest BCUT2D eigenvalue weighted by molar-refractivity contribution is 5.14. The maximum absolute atomic E-state index is 8.71. The molecule has 2 nitrogen and oxygen atoms in total. The zero-order chi connectivity index (χ0) is 9.52. The quantitative estimate of drug-likeness (QED) is 0.716. The van der Waals surface area contributed by atoms with E-state index in [-0.39, 0.29) is 12.6 Å². The van der Waals surface area contributed by atoms with Crippen LogP contribution in [0.5, 0.6) is 0 Å². The van der Waals surface area contributed by atoms with Crippen LogP contribution in [0.1, 0.15) is 18.4 Å². The second kappa shape index (κ2) is 5.73. The number of nitrogens with two attached hydrogens (primary N) is 1. The molecule has 1 aromatic rings. The zero-order valence-corrected chi connectivity index (χ0v) is 7.82. The number of hydrogen-bond donors (Lipinski definition) is 2. The highest BCUT2D eigenvalue weighted by Crippen LogP contribution is 2.05. The molecule has 3 N–H and O–H groups in total. The highest BCUT2D eigenvalue weighted by Gasteiger charge is 1.99. The number of aliphatic hydroxyl groups is 1. The minimum absolute atomic E-state index is 0.0521. The van der Waals surface area contributed by atoms with E-state index in [9.17, 15) is 0 Å². The fourth-order valence-corrected chi connectivity index (χ4v) is 1.30. The van der Waals surface area contributed by atoms with E-state index in [0.717, 1.165) is 19.3 Å². The molecule has 0 aliphatic rings. The topological polar surface area (TPSA) is 46.2 Å². The zero-order valence-electron chi connectivity index (χ0n) is 7.82. The summed E-state index contributed by atoms with van der Waals surface area (Å²) in [5.74, 6) is 0. The summed E-state index contributed by atoms with van der Waals surface area (Å²) < 4.78 is 0. The lowest BCUT2D eigenvalue weighted by molar-refractivity contribution is 0.258. The van der Waals surface area contributed by atoms with Gasteiger partial charge in [0.25, 0.3) is 0 Å². The van der Waals surface area contributed by atoms with Gasteiger partial charge in [-0.2, -0.15) is 0 Å². The third-order valence-electron chi connectivity index (χ3n) is 2.12. The first kappa shape index (κ1) is 10.2. The van der Waals surface area contributed by atoms with E-state index in [1.807, 2.05) is 18.2 Å². The molecule has 0 fully saturated rings. The SMILES string of the molecule is N[C@H](CO)CCCc1ccccc1. The van der Waals surface area contributed by atoms with Crippen LogP contribution >= 0.6 is 0 Å². The molecular weight excluding hydrogens is 162 g/mol. The monoisotopic (exact) mass is 179 g/mol. The molecule has 0 radical (unpaired) electrons. The molecule has 0 bridgehead atoms. The summed E-state index contributed by atoms with van der Waals surface area (Å²) in [5, 5.41) is 8.71. The fraction of sp³-hybridized carbons (Fsp3) is 0.455. The normalized spacial score (nSPS) is 12.8. The molecule has 0 aliphatic heterocycles. The van der Waals surface area contributed by atoms with E-state index < -0.39 is 0 Å². The first-order valence-corrected chi connectivity index (χ1v) is 4.73. The van der Waals surface area contributed by atoms with Crippen LogP contribution in [-0.4, -0.2) is 17.8 Å². The van der Waals surface area contributed by atoms with Crippen LogP contribution in [-0.2, 0) is 6.42 Å². The molecule has 2 heteroatoms. The van der Waals surface area contributed by atoms with Crippen LogP contribution in [0.25, 0.3) is 0 Å². The van der Waals surface area contributed by atoms with E-state index in [4.69, 9.17) is 10.8 Å². The molecule has 0 unspecified atom stereocenters. The van der Waals surface area contributed by atoms with Gasteiger partial charge in [0.2, 0.25) is 0 Å². The molecular formula is C11H17NO. The maximum atomic E-state index is 8.71. The van der Waals surface area contributed by atoms with Gasteiger partial charge < -0.3 is 10.8 Å². The lowest BCUT2D eigenvalue weighted by Crippen LogP contribution is -2.24. The van der Waals surface area contributed by atoms with Gasteiger partial charge in [0.05, 0.1) is 6.61 Å². The number of aliphatic hydroxyl groups excluding tert-OH is 1. The van der Waals surface area contributed by atoms with E-state index in [2.05, 4.69) is 12.1 Å². The van der Waals surface area contributed by atoms with Crippen molar-refractivity contribution in [3.05, 3.63) is 35.9 Å². The van der Waals surface area contributed by atoms with Crippen LogP contribution in [0.4, 0.5) is 0 Å². The lowest BCUT2D eigenvalue weighted by atomic mass is 10.1. The predicted octanol–water partition coefficient (Wildman–Crippen LogP) is 1.33. The third-order valence-corrected chi connectivity index (χ3v) is 2.12. The Morgan fingerprint density at radius 3 is 2.54 bits per heavy atom. The molecule has 0 heterocycles. The molecule has 0 saturated heterocycles. The summed E-state index contributed by atoms with van der Waals surface area (Å²) in [4.78, 5) is 0. The molecule has 72 valence electrons. The summed E-state index contributed by atoms with van der Waals surface area (Å²) >= 11 is 0. The highest BCUT2D eigenvalue weighted by atomic mass is 16.3. The molecule has 1 aromatic carbocycles. The molecule has 0 saturated carbocycles. The smallest absolute Gasteiger partial charge is 0.0582 e. The molecule has 0 aromatic heterocycles. The van der Waals surface area contributed by atoms with Crippen LogP contribution in [0.2, 0.25) is 0 Å². The Balaban J connectivity index is 2.20. The summed E-state index contributed by atoms with van der Waals surface area (Å²) in [7, 11) is 0. The molecule has 1 atom stereocenters. The van der Waals surface area contributed by atoms with Gasteiger partial charge in [-0.15, -0.1) is 0 Å². The standard InChI is InChI=1S/C11H17NO/c12-11(9-13)8-4-7-10-5-2-1-3-6-10/h1-3,5-6,11,13H,4,7-9,12H2/t11-/m0/s1. The second-order valence-corrected chi connectivity index (χ2v) is 3.32. The summed E-state index contributed by atoms with van der Waals surface area (Å²) in [6.07, 6.45) is 2.99. The van der Waals surface area contributed by atoms with Crippen molar-refractivity contribution in [3.63, 3.8) is 0 Å². The third kappa shape index (κ3) is 4.06. The van der Waals surface area contributed by atoms with Crippen molar-refractivity contribution in [2.75, 3.05) is 6.61 Å². The van der Waals surface area contributed by atoms with Crippen molar-refractivity contribution in [3.8, 4) is 0 Å². The van der Waals surface area contributed by atoms with Gasteiger partial charge in [0.1, 0.15) is 0 Å². The van der Waals surface area contributed by atoms with Gasteiger partial charge in [-0.1, -0.05) is 30.3 Å². The van der Waals surface area contributed by atoms with Gasteiger partial charge in [0, 0.05) is 6.04 Å². The van der Waals surface area contributed by atoms with Crippen molar-refractivity contribution in [2.24, 2.45) is 5.73 Å². The van der Waals surface area contributed by atoms with Crippen LogP contribution < -0.4 is 5.73 Å². The van der Waals surface area contributed by atoms with Crippen LogP contribution in [0.3, 0.4) is 0 Å². The summed E-state index contributed by atoms with van der Waals surface area (Å²) in [6, 6.07) is 10.3. The van der Waals surface area contributed by atoms with E-state index >= 15 is 0 Å². The Morgan fingerprint density at radius 1 is 1.23 bits per heavy atom. The summed E-state index contributed by atoms with van der Waals surface area (Å²) in [5.41, 5.74) is 6.93. The van der Waals surface area contributed by atoms with Gasteiger partial charge in [-0.05, 0) is 24.8 Å².